The second-order valence-corrected chi connectivity index (χ2v) is 8.00. The number of benzene rings is 1. The average Bonchev–Trinajstić information content (AvgIpc) is 2.97. The van der Waals surface area contributed by atoms with E-state index in [1.807, 2.05) is 0 Å². The maximum atomic E-state index is 13.4. The van der Waals surface area contributed by atoms with Gasteiger partial charge in [0.25, 0.3) is 0 Å². The van der Waals surface area contributed by atoms with Gasteiger partial charge < -0.3 is 11.1 Å². The highest BCUT2D eigenvalue weighted by Crippen LogP contribution is 2.33. The molecule has 0 amide bonds. The van der Waals surface area contributed by atoms with Crippen molar-refractivity contribution in [2.45, 2.75) is 30.2 Å². The summed E-state index contributed by atoms with van der Waals surface area (Å²) >= 11 is 5.76. The molecule has 0 saturated heterocycles. The second-order valence-electron chi connectivity index (χ2n) is 5.71. The van der Waals surface area contributed by atoms with E-state index in [4.69, 9.17) is 17.3 Å². The first-order valence-electron chi connectivity index (χ1n) is 7.69. The van der Waals surface area contributed by atoms with Gasteiger partial charge in [-0.05, 0) is 32.0 Å². The zero-order valence-electron chi connectivity index (χ0n) is 14.3. The molecule has 0 bridgehead atoms. The van der Waals surface area contributed by atoms with E-state index in [1.54, 1.807) is 20.9 Å². The first kappa shape index (κ1) is 18.6. The quantitative estimate of drug-likeness (QED) is 0.655. The molecule has 3 N–H and O–H groups in total. The molecule has 1 aromatic carbocycles. The smallest absolute Gasteiger partial charge is 0.214 e. The van der Waals surface area contributed by atoms with Crippen molar-refractivity contribution in [2.24, 2.45) is 5.73 Å². The van der Waals surface area contributed by atoms with E-state index >= 15 is 0 Å². The number of fused-ring (bicyclic) bond motifs is 1. The van der Waals surface area contributed by atoms with Gasteiger partial charge in [0.2, 0.25) is 9.84 Å². The van der Waals surface area contributed by atoms with Crippen LogP contribution in [0.1, 0.15) is 17.0 Å². The van der Waals surface area contributed by atoms with Crippen LogP contribution in [0.2, 0.25) is 5.02 Å². The molecule has 0 aliphatic carbocycles. The molecule has 26 heavy (non-hydrogen) atoms. The lowest BCUT2D eigenvalue weighted by Gasteiger charge is -2.10. The second kappa shape index (κ2) is 6.49. The number of anilines is 1. The topological polar surface area (TPSA) is 102 Å². The van der Waals surface area contributed by atoms with Gasteiger partial charge in [0.1, 0.15) is 5.82 Å². The Balaban J connectivity index is 2.38. The van der Waals surface area contributed by atoms with Crippen molar-refractivity contribution in [3.05, 3.63) is 46.0 Å². The fourth-order valence-corrected chi connectivity index (χ4v) is 4.58. The number of nitrogens with two attached hydrogens (primary N) is 1. The predicted molar refractivity (Wildman–Crippen MR) is 96.8 cm³/mol. The van der Waals surface area contributed by atoms with Gasteiger partial charge in [-0.2, -0.15) is 0 Å². The Morgan fingerprint density at radius 1 is 1.35 bits per heavy atom. The third-order valence-electron chi connectivity index (χ3n) is 4.19. The molecule has 3 aromatic rings. The lowest BCUT2D eigenvalue weighted by atomic mass is 10.2. The number of sulfone groups is 1. The van der Waals surface area contributed by atoms with Crippen molar-refractivity contribution in [1.29, 1.82) is 0 Å². The van der Waals surface area contributed by atoms with Crippen LogP contribution in [-0.4, -0.2) is 30.1 Å². The molecular formula is C16H17ClFN5O2S. The average molecular weight is 398 g/mol. The molecule has 0 aliphatic rings. The lowest BCUT2D eigenvalue weighted by molar-refractivity contribution is 0.595. The Morgan fingerprint density at radius 2 is 2.04 bits per heavy atom. The summed E-state index contributed by atoms with van der Waals surface area (Å²) < 4.78 is 41.3. The monoisotopic (exact) mass is 397 g/mol. The van der Waals surface area contributed by atoms with E-state index in [2.05, 4.69) is 15.4 Å². The van der Waals surface area contributed by atoms with Crippen LogP contribution in [0.5, 0.6) is 0 Å². The van der Waals surface area contributed by atoms with Crippen LogP contribution in [0.4, 0.5) is 10.2 Å². The third kappa shape index (κ3) is 2.72. The highest BCUT2D eigenvalue weighted by Gasteiger charge is 2.30. The van der Waals surface area contributed by atoms with Crippen molar-refractivity contribution in [1.82, 2.24) is 14.6 Å². The summed E-state index contributed by atoms with van der Waals surface area (Å²) in [7, 11) is -2.49. The van der Waals surface area contributed by atoms with Crippen molar-refractivity contribution in [3.63, 3.8) is 0 Å². The Hall–Kier alpha value is -2.23. The van der Waals surface area contributed by atoms with Gasteiger partial charge in [-0.25, -0.2) is 22.3 Å². The van der Waals surface area contributed by atoms with Gasteiger partial charge in [0.15, 0.2) is 16.4 Å². The number of rotatable bonds is 4. The number of nitrogens with one attached hydrogen (secondary N) is 1. The van der Waals surface area contributed by atoms with Crippen LogP contribution in [0.15, 0.2) is 28.0 Å². The van der Waals surface area contributed by atoms with E-state index in [9.17, 15) is 12.8 Å². The number of hydrogen-bond donors (Lipinski definition) is 2. The lowest BCUT2D eigenvalue weighted by Crippen LogP contribution is -2.10. The Kier molecular flexibility index (Phi) is 4.63. The molecule has 2 aromatic heterocycles. The van der Waals surface area contributed by atoms with Crippen molar-refractivity contribution in [2.75, 3.05) is 12.4 Å². The highest BCUT2D eigenvalue weighted by atomic mass is 35.5. The number of nitrogens with zero attached hydrogens (tertiary/aromatic N) is 3. The standard InChI is InChI=1S/C16H17ClFN5O2S/c1-8-11(7-19)9(2)23-16(21-8)14(15(20-3)22-23)26(24,25)10-4-5-13(18)12(17)6-10/h4-6H,7,19H2,1-3H3,(H,20,22). The van der Waals surface area contributed by atoms with Crippen LogP contribution in [0, 0.1) is 19.7 Å². The number of aromatic nitrogens is 3. The van der Waals surface area contributed by atoms with Crippen molar-refractivity contribution >= 4 is 32.9 Å². The van der Waals surface area contributed by atoms with Crippen molar-refractivity contribution in [3.8, 4) is 0 Å². The normalized spacial score (nSPS) is 11.9. The molecule has 0 fully saturated rings. The van der Waals surface area contributed by atoms with Gasteiger partial charge in [-0.3, -0.25) is 0 Å². The summed E-state index contributed by atoms with van der Waals surface area (Å²) in [6.45, 7) is 3.80. The van der Waals surface area contributed by atoms with Gasteiger partial charge in [0, 0.05) is 30.5 Å². The minimum absolute atomic E-state index is 0.0996. The van der Waals surface area contributed by atoms with Crippen LogP contribution in [0.3, 0.4) is 0 Å². The fourth-order valence-electron chi connectivity index (χ4n) is 2.81. The summed E-state index contributed by atoms with van der Waals surface area (Å²) in [5.41, 5.74) is 8.04. The molecule has 0 atom stereocenters. The maximum Gasteiger partial charge on any atom is 0.214 e. The first-order valence-corrected chi connectivity index (χ1v) is 9.55. The Labute approximate surface area is 154 Å². The molecular weight excluding hydrogens is 381 g/mol. The van der Waals surface area contributed by atoms with Crippen LogP contribution in [-0.2, 0) is 16.4 Å². The Bertz CT molecular complexity index is 1130. The summed E-state index contributed by atoms with van der Waals surface area (Å²) in [6.07, 6.45) is 0. The summed E-state index contributed by atoms with van der Waals surface area (Å²) in [5.74, 6) is -0.564. The predicted octanol–water partition coefficient (Wildman–Crippen LogP) is 2.47. The van der Waals surface area contributed by atoms with E-state index in [0.29, 0.717) is 11.4 Å². The molecule has 138 valence electrons. The molecule has 3 rings (SSSR count). The molecule has 10 heteroatoms. The Morgan fingerprint density at radius 3 is 2.62 bits per heavy atom. The number of hydrogen-bond acceptors (Lipinski definition) is 6. The SMILES string of the molecule is CNc1nn2c(C)c(CN)c(C)nc2c1S(=O)(=O)c1ccc(F)c(Cl)c1. The van der Waals surface area contributed by atoms with Gasteiger partial charge in [-0.15, -0.1) is 5.10 Å². The molecule has 0 saturated carbocycles. The van der Waals surface area contributed by atoms with Crippen LogP contribution < -0.4 is 11.1 Å². The first-order chi connectivity index (χ1) is 12.2. The van der Waals surface area contributed by atoms with Gasteiger partial charge in [-0.1, -0.05) is 11.6 Å². The van der Waals surface area contributed by atoms with Crippen molar-refractivity contribution < 1.29 is 12.8 Å². The van der Waals surface area contributed by atoms with E-state index in [0.717, 1.165) is 23.8 Å². The summed E-state index contributed by atoms with van der Waals surface area (Å²) in [4.78, 5) is 4.16. The van der Waals surface area contributed by atoms with E-state index in [-0.39, 0.29) is 32.8 Å². The van der Waals surface area contributed by atoms with Crippen LogP contribution >= 0.6 is 11.6 Å². The van der Waals surface area contributed by atoms with E-state index < -0.39 is 15.7 Å². The molecule has 0 unspecified atom stereocenters. The molecule has 0 spiro atoms. The zero-order chi connectivity index (χ0) is 19.2. The van der Waals surface area contributed by atoms with Crippen LogP contribution in [0.25, 0.3) is 5.65 Å². The molecule has 7 nitrogen and oxygen atoms in total. The molecule has 0 radical (unpaired) electrons. The molecule has 0 aliphatic heterocycles. The minimum Gasteiger partial charge on any atom is -0.370 e. The summed E-state index contributed by atoms with van der Waals surface area (Å²) in [5, 5.41) is 6.82. The maximum absolute atomic E-state index is 13.4. The third-order valence-corrected chi connectivity index (χ3v) is 6.27. The van der Waals surface area contributed by atoms with Gasteiger partial charge in [0.05, 0.1) is 9.92 Å². The number of halogens is 2. The fraction of sp³-hybridized carbons (Fsp3) is 0.250. The summed E-state index contributed by atoms with van der Waals surface area (Å²) in [6, 6.07) is 3.24. The highest BCUT2D eigenvalue weighted by molar-refractivity contribution is 7.91. The number of aryl methyl sites for hydroxylation is 2. The largest absolute Gasteiger partial charge is 0.370 e. The van der Waals surface area contributed by atoms with Gasteiger partial charge >= 0.3 is 0 Å². The molecule has 2 heterocycles. The minimum atomic E-state index is -4.05. The zero-order valence-corrected chi connectivity index (χ0v) is 15.9. The van der Waals surface area contributed by atoms with E-state index in [1.165, 1.54) is 4.52 Å².